The van der Waals surface area contributed by atoms with Crippen LogP contribution in [0.4, 0.5) is 4.39 Å². The fourth-order valence-electron chi connectivity index (χ4n) is 2.04. The molecule has 0 saturated heterocycles. The summed E-state index contributed by atoms with van der Waals surface area (Å²) in [5.74, 6) is -0.256. The summed E-state index contributed by atoms with van der Waals surface area (Å²) in [5, 5.41) is 6.91. The van der Waals surface area contributed by atoms with Crippen LogP contribution in [0, 0.1) is 5.82 Å². The Kier molecular flexibility index (Phi) is 5.33. The smallest absolute Gasteiger partial charge is 0.220 e. The highest BCUT2D eigenvalue weighted by Crippen LogP contribution is 2.21. The van der Waals surface area contributed by atoms with Crippen molar-refractivity contribution >= 4 is 17.2 Å². The molecule has 1 atom stereocenters. The van der Waals surface area contributed by atoms with Crippen molar-refractivity contribution in [1.29, 1.82) is 0 Å². The Balaban J connectivity index is 1.89. The summed E-state index contributed by atoms with van der Waals surface area (Å²) in [6, 6.07) is 6.49. The molecule has 21 heavy (non-hydrogen) atoms. The van der Waals surface area contributed by atoms with Gasteiger partial charge in [-0.05, 0) is 53.4 Å². The second-order valence-electron chi connectivity index (χ2n) is 4.81. The topological polar surface area (TPSA) is 38.3 Å². The van der Waals surface area contributed by atoms with Gasteiger partial charge in [-0.25, -0.2) is 4.39 Å². The number of ether oxygens (including phenoxy) is 1. The number of amides is 1. The van der Waals surface area contributed by atoms with Gasteiger partial charge < -0.3 is 10.1 Å². The third-order valence-corrected chi connectivity index (χ3v) is 4.01. The van der Waals surface area contributed by atoms with Crippen LogP contribution >= 0.6 is 11.3 Å². The maximum absolute atomic E-state index is 13.6. The van der Waals surface area contributed by atoms with Crippen LogP contribution in [0.25, 0.3) is 0 Å². The first-order chi connectivity index (χ1) is 10.1. The number of nitrogens with one attached hydrogen (secondary N) is 1. The number of halogens is 1. The van der Waals surface area contributed by atoms with Crippen molar-refractivity contribution in [2.75, 3.05) is 7.11 Å². The maximum atomic E-state index is 13.6. The molecule has 1 aromatic carbocycles. The van der Waals surface area contributed by atoms with Crippen LogP contribution in [0.1, 0.15) is 30.5 Å². The highest BCUT2D eigenvalue weighted by molar-refractivity contribution is 7.07. The molecule has 1 unspecified atom stereocenters. The van der Waals surface area contributed by atoms with Crippen LogP contribution in [0.3, 0.4) is 0 Å². The van der Waals surface area contributed by atoms with Gasteiger partial charge in [-0.2, -0.15) is 11.3 Å². The summed E-state index contributed by atoms with van der Waals surface area (Å²) >= 11 is 1.62. The molecule has 0 spiro atoms. The van der Waals surface area contributed by atoms with Gasteiger partial charge >= 0.3 is 0 Å². The first-order valence-corrected chi connectivity index (χ1v) is 7.68. The van der Waals surface area contributed by atoms with Gasteiger partial charge in [-0.15, -0.1) is 0 Å². The third kappa shape index (κ3) is 4.29. The fourth-order valence-corrected chi connectivity index (χ4v) is 2.74. The van der Waals surface area contributed by atoms with Gasteiger partial charge in [0.25, 0.3) is 0 Å². The Bertz CT molecular complexity index is 598. The van der Waals surface area contributed by atoms with Crippen molar-refractivity contribution in [2.45, 2.75) is 25.8 Å². The zero-order chi connectivity index (χ0) is 15.2. The number of hydrogen-bond donors (Lipinski definition) is 1. The number of benzene rings is 1. The molecular weight excluding hydrogens is 289 g/mol. The van der Waals surface area contributed by atoms with E-state index in [1.54, 1.807) is 23.5 Å². The summed E-state index contributed by atoms with van der Waals surface area (Å²) in [4.78, 5) is 11.9. The van der Waals surface area contributed by atoms with Crippen molar-refractivity contribution in [1.82, 2.24) is 5.32 Å². The van der Waals surface area contributed by atoms with Crippen LogP contribution in [-0.2, 0) is 11.2 Å². The molecule has 0 aliphatic rings. The van der Waals surface area contributed by atoms with E-state index in [2.05, 4.69) is 5.32 Å². The molecule has 1 N–H and O–H groups in total. The predicted molar refractivity (Wildman–Crippen MR) is 82.1 cm³/mol. The second kappa shape index (κ2) is 7.22. The van der Waals surface area contributed by atoms with Gasteiger partial charge in [0.05, 0.1) is 13.2 Å². The standard InChI is InChI=1S/C16H18FNO2S/c1-11(13-4-5-15(20-2)14(17)9-13)18-16(19)6-3-12-7-8-21-10-12/h4-5,7-11H,3,6H2,1-2H3,(H,18,19). The lowest BCUT2D eigenvalue weighted by Crippen LogP contribution is -2.26. The molecule has 0 aliphatic carbocycles. The van der Waals surface area contributed by atoms with E-state index in [4.69, 9.17) is 4.74 Å². The quantitative estimate of drug-likeness (QED) is 0.883. The number of carbonyl (C=O) groups is 1. The van der Waals surface area contributed by atoms with Gasteiger partial charge in [0.15, 0.2) is 11.6 Å². The number of carbonyl (C=O) groups excluding carboxylic acids is 1. The van der Waals surface area contributed by atoms with Crippen LogP contribution < -0.4 is 10.1 Å². The molecule has 2 aromatic rings. The largest absolute Gasteiger partial charge is 0.494 e. The first kappa shape index (κ1) is 15.5. The van der Waals surface area contributed by atoms with E-state index in [0.717, 1.165) is 12.0 Å². The lowest BCUT2D eigenvalue weighted by molar-refractivity contribution is -0.121. The lowest BCUT2D eigenvalue weighted by atomic mass is 10.1. The molecule has 1 aromatic heterocycles. The Hall–Kier alpha value is -1.88. The van der Waals surface area contributed by atoms with Gasteiger partial charge in [0.1, 0.15) is 0 Å². The Labute approximate surface area is 127 Å². The van der Waals surface area contributed by atoms with Crippen LogP contribution in [0.5, 0.6) is 5.75 Å². The summed E-state index contributed by atoms with van der Waals surface area (Å²) in [5.41, 5.74) is 1.88. The average molecular weight is 307 g/mol. The van der Waals surface area contributed by atoms with E-state index >= 15 is 0 Å². The summed E-state index contributed by atoms with van der Waals surface area (Å²) in [6.07, 6.45) is 1.15. The zero-order valence-electron chi connectivity index (χ0n) is 12.1. The van der Waals surface area contributed by atoms with Gasteiger partial charge in [-0.1, -0.05) is 6.07 Å². The molecule has 112 valence electrons. The van der Waals surface area contributed by atoms with Crippen LogP contribution in [0.15, 0.2) is 35.0 Å². The minimum Gasteiger partial charge on any atom is -0.494 e. The molecule has 0 radical (unpaired) electrons. The first-order valence-electron chi connectivity index (χ1n) is 6.74. The number of rotatable bonds is 6. The van der Waals surface area contributed by atoms with Crippen molar-refractivity contribution in [3.05, 3.63) is 52.0 Å². The summed E-state index contributed by atoms with van der Waals surface area (Å²) < 4.78 is 18.5. The lowest BCUT2D eigenvalue weighted by Gasteiger charge is -2.15. The summed E-state index contributed by atoms with van der Waals surface area (Å²) in [7, 11) is 1.42. The molecule has 3 nitrogen and oxygen atoms in total. The molecule has 0 saturated carbocycles. The third-order valence-electron chi connectivity index (χ3n) is 3.27. The number of hydrogen-bond acceptors (Lipinski definition) is 3. The van der Waals surface area contributed by atoms with E-state index in [0.29, 0.717) is 6.42 Å². The van der Waals surface area contributed by atoms with E-state index < -0.39 is 5.82 Å². The normalized spacial score (nSPS) is 12.0. The molecule has 0 bridgehead atoms. The van der Waals surface area contributed by atoms with Gasteiger partial charge in [-0.3, -0.25) is 4.79 Å². The molecule has 1 amide bonds. The van der Waals surface area contributed by atoms with Gasteiger partial charge in [0.2, 0.25) is 5.91 Å². The van der Waals surface area contributed by atoms with E-state index in [1.165, 1.54) is 18.7 Å². The average Bonchev–Trinajstić information content (AvgIpc) is 2.98. The van der Waals surface area contributed by atoms with Gasteiger partial charge in [0, 0.05) is 6.42 Å². The zero-order valence-corrected chi connectivity index (χ0v) is 12.9. The second-order valence-corrected chi connectivity index (χ2v) is 5.59. The monoisotopic (exact) mass is 307 g/mol. The number of methoxy groups -OCH3 is 1. The van der Waals surface area contributed by atoms with E-state index in [-0.39, 0.29) is 17.7 Å². The molecule has 2 rings (SSSR count). The van der Waals surface area contributed by atoms with Crippen molar-refractivity contribution in [3.8, 4) is 5.75 Å². The van der Waals surface area contributed by atoms with Crippen molar-refractivity contribution < 1.29 is 13.9 Å². The Morgan fingerprint density at radius 2 is 2.24 bits per heavy atom. The molecular formula is C16H18FNO2S. The fraction of sp³-hybridized carbons (Fsp3) is 0.312. The molecule has 0 fully saturated rings. The predicted octanol–water partition coefficient (Wildman–Crippen LogP) is 3.71. The molecule has 1 heterocycles. The Morgan fingerprint density at radius 1 is 1.43 bits per heavy atom. The molecule has 0 aliphatic heterocycles. The molecule has 5 heteroatoms. The minimum absolute atomic E-state index is 0.0371. The van der Waals surface area contributed by atoms with E-state index in [9.17, 15) is 9.18 Å². The maximum Gasteiger partial charge on any atom is 0.220 e. The Morgan fingerprint density at radius 3 is 2.86 bits per heavy atom. The van der Waals surface area contributed by atoms with Crippen LogP contribution in [0.2, 0.25) is 0 Å². The number of aryl methyl sites for hydroxylation is 1. The number of thiophene rings is 1. The minimum atomic E-state index is -0.422. The highest BCUT2D eigenvalue weighted by atomic mass is 32.1. The SMILES string of the molecule is COc1ccc(C(C)NC(=O)CCc2ccsc2)cc1F. The van der Waals surface area contributed by atoms with Crippen molar-refractivity contribution in [3.63, 3.8) is 0 Å². The highest BCUT2D eigenvalue weighted by Gasteiger charge is 2.12. The van der Waals surface area contributed by atoms with Crippen LogP contribution in [-0.4, -0.2) is 13.0 Å². The van der Waals surface area contributed by atoms with Crippen molar-refractivity contribution in [2.24, 2.45) is 0 Å². The summed E-state index contributed by atoms with van der Waals surface area (Å²) in [6.45, 7) is 1.84. The van der Waals surface area contributed by atoms with E-state index in [1.807, 2.05) is 23.8 Å².